The Morgan fingerprint density at radius 2 is 1.95 bits per heavy atom. The normalized spacial score (nSPS) is 11.2. The third-order valence-corrected chi connectivity index (χ3v) is 4.51. The van der Waals surface area contributed by atoms with E-state index in [-0.39, 0.29) is 21.6 Å². The van der Waals surface area contributed by atoms with Crippen molar-refractivity contribution in [2.45, 2.75) is 5.03 Å². The molecule has 0 amide bonds. The van der Waals surface area contributed by atoms with E-state index in [1.807, 2.05) is 0 Å². The second-order valence-corrected chi connectivity index (χ2v) is 6.42. The third-order valence-electron chi connectivity index (χ3n) is 2.60. The summed E-state index contributed by atoms with van der Waals surface area (Å²) in [6, 6.07) is 4.45. The first-order valence-corrected chi connectivity index (χ1v) is 7.91. The van der Waals surface area contributed by atoms with E-state index in [0.717, 1.165) is 7.11 Å². The molecule has 118 valence electrons. The summed E-state index contributed by atoms with van der Waals surface area (Å²) in [4.78, 5) is 11.6. The van der Waals surface area contributed by atoms with Gasteiger partial charge in [-0.15, -0.1) is 0 Å². The number of hydrogen-bond donors (Lipinski definition) is 3. The summed E-state index contributed by atoms with van der Waals surface area (Å²) in [5, 5.41) is 5.29. The fourth-order valence-corrected chi connectivity index (χ4v) is 3.43. The van der Waals surface area contributed by atoms with Crippen LogP contribution in [0.15, 0.2) is 23.2 Å². The maximum Gasteiger partial charge on any atom is 0.344 e. The molecule has 0 atom stereocenters. The number of aromatic amines is 1. The van der Waals surface area contributed by atoms with Crippen LogP contribution in [0.25, 0.3) is 0 Å². The van der Waals surface area contributed by atoms with Crippen molar-refractivity contribution < 1.29 is 17.9 Å². The standard InChI is InChI=1S/C11H10Cl2N4O4S/c1-21-11(18)7-9(14)15-16-10(7)22(19,20)17-8-5(12)3-2-4-6(8)13/h2-4,17H,1H3,(H3,14,15,16). The average molecular weight is 365 g/mol. The van der Waals surface area contributed by atoms with Gasteiger partial charge in [0.15, 0.2) is 0 Å². The number of nitrogens with one attached hydrogen (secondary N) is 2. The Balaban J connectivity index is 2.51. The lowest BCUT2D eigenvalue weighted by atomic mass is 10.3. The average Bonchev–Trinajstić information content (AvgIpc) is 2.85. The molecule has 8 nitrogen and oxygen atoms in total. The van der Waals surface area contributed by atoms with Crippen LogP contribution in [0.4, 0.5) is 11.5 Å². The number of rotatable bonds is 4. The number of sulfonamides is 1. The number of carbonyl (C=O) groups is 1. The number of halogens is 2. The van der Waals surface area contributed by atoms with Gasteiger partial charge >= 0.3 is 5.97 Å². The molecule has 0 saturated carbocycles. The summed E-state index contributed by atoms with van der Waals surface area (Å²) in [6.07, 6.45) is 0. The fourth-order valence-electron chi connectivity index (χ4n) is 1.61. The summed E-state index contributed by atoms with van der Waals surface area (Å²) < 4.78 is 31.4. The zero-order chi connectivity index (χ0) is 16.5. The number of ether oxygens (including phenoxy) is 1. The molecule has 11 heteroatoms. The SMILES string of the molecule is COC(=O)c1c(S(=O)(=O)Nc2c(Cl)cccc2Cl)n[nH]c1N. The number of anilines is 2. The molecule has 2 aromatic rings. The number of hydrogen-bond acceptors (Lipinski definition) is 6. The van der Waals surface area contributed by atoms with E-state index >= 15 is 0 Å². The van der Waals surface area contributed by atoms with Crippen LogP contribution in [-0.2, 0) is 14.8 Å². The number of H-pyrrole nitrogens is 1. The molecule has 0 saturated heterocycles. The number of nitrogen functional groups attached to an aromatic ring is 1. The fraction of sp³-hybridized carbons (Fsp3) is 0.0909. The molecule has 22 heavy (non-hydrogen) atoms. The lowest BCUT2D eigenvalue weighted by Crippen LogP contribution is -2.18. The maximum absolute atomic E-state index is 12.4. The smallest absolute Gasteiger partial charge is 0.344 e. The number of nitrogens with two attached hydrogens (primary N) is 1. The second kappa shape index (κ2) is 6.03. The van der Waals surface area contributed by atoms with Crippen molar-refractivity contribution in [3.05, 3.63) is 33.8 Å². The highest BCUT2D eigenvalue weighted by atomic mass is 35.5. The molecular formula is C11H10Cl2N4O4S. The van der Waals surface area contributed by atoms with Gasteiger partial charge in [0.05, 0.1) is 22.8 Å². The Bertz CT molecular complexity index is 814. The van der Waals surface area contributed by atoms with E-state index in [2.05, 4.69) is 19.7 Å². The van der Waals surface area contributed by atoms with Crippen molar-refractivity contribution >= 4 is 50.7 Å². The van der Waals surface area contributed by atoms with E-state index in [1.54, 1.807) is 6.07 Å². The number of aromatic nitrogens is 2. The molecular weight excluding hydrogens is 355 g/mol. The van der Waals surface area contributed by atoms with Crippen LogP contribution < -0.4 is 10.5 Å². The van der Waals surface area contributed by atoms with Crippen molar-refractivity contribution in [3.63, 3.8) is 0 Å². The van der Waals surface area contributed by atoms with Crippen LogP contribution in [0.5, 0.6) is 0 Å². The predicted molar refractivity (Wildman–Crippen MR) is 81.6 cm³/mol. The van der Waals surface area contributed by atoms with Gasteiger partial charge in [0.2, 0.25) is 5.03 Å². The Morgan fingerprint density at radius 1 is 1.36 bits per heavy atom. The zero-order valence-corrected chi connectivity index (χ0v) is 13.4. The monoisotopic (exact) mass is 364 g/mol. The van der Waals surface area contributed by atoms with Gasteiger partial charge in [-0.3, -0.25) is 9.82 Å². The Kier molecular flexibility index (Phi) is 4.50. The molecule has 0 aliphatic rings. The van der Waals surface area contributed by atoms with Crippen molar-refractivity contribution in [1.29, 1.82) is 0 Å². The molecule has 0 bridgehead atoms. The van der Waals surface area contributed by atoms with Gasteiger partial charge in [0, 0.05) is 0 Å². The molecule has 0 fully saturated rings. The first-order chi connectivity index (χ1) is 10.3. The summed E-state index contributed by atoms with van der Waals surface area (Å²) in [7, 11) is -3.18. The van der Waals surface area contributed by atoms with Crippen LogP contribution in [0, 0.1) is 0 Å². The van der Waals surface area contributed by atoms with Gasteiger partial charge in [0.25, 0.3) is 10.0 Å². The highest BCUT2D eigenvalue weighted by Crippen LogP contribution is 2.32. The van der Waals surface area contributed by atoms with Crippen LogP contribution in [0.2, 0.25) is 10.0 Å². The number of para-hydroxylation sites is 1. The zero-order valence-electron chi connectivity index (χ0n) is 11.1. The lowest BCUT2D eigenvalue weighted by molar-refractivity contribution is 0.0597. The lowest BCUT2D eigenvalue weighted by Gasteiger charge is -2.10. The largest absolute Gasteiger partial charge is 0.465 e. The second-order valence-electron chi connectivity index (χ2n) is 4.01. The van der Waals surface area contributed by atoms with E-state index in [0.29, 0.717) is 0 Å². The van der Waals surface area contributed by atoms with E-state index < -0.39 is 26.6 Å². The third kappa shape index (κ3) is 2.96. The van der Waals surface area contributed by atoms with Gasteiger partial charge < -0.3 is 10.5 Å². The summed E-state index contributed by atoms with van der Waals surface area (Å²) in [5.41, 5.74) is 5.06. The summed E-state index contributed by atoms with van der Waals surface area (Å²) >= 11 is 11.8. The van der Waals surface area contributed by atoms with Crippen molar-refractivity contribution in [1.82, 2.24) is 10.2 Å². The summed E-state index contributed by atoms with van der Waals surface area (Å²) in [5.74, 6) is -1.19. The van der Waals surface area contributed by atoms with Crippen LogP contribution in [-0.4, -0.2) is 31.7 Å². The first kappa shape index (κ1) is 16.4. The number of carbonyl (C=O) groups excluding carboxylic acids is 1. The highest BCUT2D eigenvalue weighted by molar-refractivity contribution is 7.92. The Hall–Kier alpha value is -1.97. The molecule has 2 rings (SSSR count). The first-order valence-electron chi connectivity index (χ1n) is 5.67. The van der Waals surface area contributed by atoms with Crippen LogP contribution >= 0.6 is 23.2 Å². The van der Waals surface area contributed by atoms with Gasteiger partial charge in [-0.1, -0.05) is 29.3 Å². The number of nitrogens with zero attached hydrogens (tertiary/aromatic N) is 1. The van der Waals surface area contributed by atoms with Gasteiger partial charge in [-0.2, -0.15) is 13.5 Å². The molecule has 1 heterocycles. The Morgan fingerprint density at radius 3 is 2.50 bits per heavy atom. The minimum Gasteiger partial charge on any atom is -0.465 e. The Labute approximate surface area is 135 Å². The molecule has 0 aliphatic carbocycles. The maximum atomic E-state index is 12.4. The topological polar surface area (TPSA) is 127 Å². The number of benzene rings is 1. The molecule has 1 aromatic carbocycles. The van der Waals surface area contributed by atoms with Gasteiger partial charge in [-0.25, -0.2) is 4.79 Å². The highest BCUT2D eigenvalue weighted by Gasteiger charge is 2.30. The van der Waals surface area contributed by atoms with Crippen molar-refractivity contribution in [2.75, 3.05) is 17.6 Å². The van der Waals surface area contributed by atoms with Crippen molar-refractivity contribution in [3.8, 4) is 0 Å². The molecule has 0 radical (unpaired) electrons. The molecule has 0 aliphatic heterocycles. The minimum absolute atomic E-state index is 0.0387. The molecule has 1 aromatic heterocycles. The van der Waals surface area contributed by atoms with Crippen LogP contribution in [0.1, 0.15) is 10.4 Å². The van der Waals surface area contributed by atoms with Crippen molar-refractivity contribution in [2.24, 2.45) is 0 Å². The number of esters is 1. The van der Waals surface area contributed by atoms with Gasteiger partial charge in [0.1, 0.15) is 11.4 Å². The van der Waals surface area contributed by atoms with Crippen LogP contribution in [0.3, 0.4) is 0 Å². The van der Waals surface area contributed by atoms with E-state index in [1.165, 1.54) is 12.1 Å². The molecule has 0 spiro atoms. The van der Waals surface area contributed by atoms with Gasteiger partial charge in [-0.05, 0) is 12.1 Å². The molecule has 0 unspecified atom stereocenters. The van der Waals surface area contributed by atoms with E-state index in [9.17, 15) is 13.2 Å². The summed E-state index contributed by atoms with van der Waals surface area (Å²) in [6.45, 7) is 0. The minimum atomic E-state index is -4.27. The predicted octanol–water partition coefficient (Wildman–Crippen LogP) is 1.89. The molecule has 4 N–H and O–H groups in total. The quantitative estimate of drug-likeness (QED) is 0.710. The van der Waals surface area contributed by atoms with E-state index in [4.69, 9.17) is 28.9 Å². The number of methoxy groups -OCH3 is 1.